The van der Waals surface area contributed by atoms with E-state index in [0.29, 0.717) is 6.04 Å². The molecule has 0 aromatic heterocycles. The van der Waals surface area contributed by atoms with Gasteiger partial charge in [0.05, 0.1) is 13.2 Å². The van der Waals surface area contributed by atoms with Gasteiger partial charge < -0.3 is 10.1 Å². The summed E-state index contributed by atoms with van der Waals surface area (Å²) < 4.78 is 5.28. The molecule has 2 aromatic rings. The van der Waals surface area contributed by atoms with Crippen molar-refractivity contribution >= 4 is 35.6 Å². The van der Waals surface area contributed by atoms with Crippen LogP contribution in [0.15, 0.2) is 49.1 Å². The number of nitrogens with zero attached hydrogens (tertiary/aromatic N) is 1. The van der Waals surface area contributed by atoms with Gasteiger partial charge in [-0.1, -0.05) is 24.3 Å². The summed E-state index contributed by atoms with van der Waals surface area (Å²) in [7, 11) is 1.70. The maximum atomic E-state index is 5.28. The van der Waals surface area contributed by atoms with Crippen molar-refractivity contribution in [2.24, 2.45) is 0 Å². The molecule has 0 radical (unpaired) electrons. The summed E-state index contributed by atoms with van der Waals surface area (Å²) in [5.74, 6) is 0.901. The zero-order chi connectivity index (χ0) is 14.7. The first-order chi connectivity index (χ1) is 10.3. The number of rotatable bonds is 4. The van der Waals surface area contributed by atoms with E-state index in [1.165, 1.54) is 16.3 Å². The van der Waals surface area contributed by atoms with Crippen LogP contribution in [-0.2, 0) is 0 Å². The molecule has 1 saturated heterocycles. The van der Waals surface area contributed by atoms with Crippen LogP contribution in [0.5, 0.6) is 5.75 Å². The number of nitrogens with one attached hydrogen (secondary N) is 1. The zero-order valence-corrected chi connectivity index (χ0v) is 15.0. The summed E-state index contributed by atoms with van der Waals surface area (Å²) >= 11 is 0. The Morgan fingerprint density at radius 2 is 1.74 bits per heavy atom. The molecule has 0 spiro atoms. The van der Waals surface area contributed by atoms with E-state index in [-0.39, 0.29) is 24.8 Å². The van der Waals surface area contributed by atoms with Crippen molar-refractivity contribution in [3.63, 3.8) is 0 Å². The zero-order valence-electron chi connectivity index (χ0n) is 13.3. The first-order valence-electron chi connectivity index (χ1n) is 7.47. The van der Waals surface area contributed by atoms with Gasteiger partial charge in [0.25, 0.3) is 0 Å². The summed E-state index contributed by atoms with van der Waals surface area (Å²) in [6.45, 7) is 8.27. The molecule has 0 aliphatic carbocycles. The predicted molar refractivity (Wildman–Crippen MR) is 102 cm³/mol. The highest BCUT2D eigenvalue weighted by molar-refractivity contribution is 5.86. The summed E-state index contributed by atoms with van der Waals surface area (Å²) in [6.07, 6.45) is 2.05. The van der Waals surface area contributed by atoms with Gasteiger partial charge >= 0.3 is 0 Å². The highest BCUT2D eigenvalue weighted by Crippen LogP contribution is 2.27. The third-order valence-corrected chi connectivity index (χ3v) is 4.18. The Bertz CT molecular complexity index is 642. The molecular weight excluding hydrogens is 331 g/mol. The Labute approximate surface area is 150 Å². The van der Waals surface area contributed by atoms with Crippen molar-refractivity contribution in [1.29, 1.82) is 0 Å². The summed E-state index contributed by atoms with van der Waals surface area (Å²) in [5, 5.41) is 5.85. The van der Waals surface area contributed by atoms with E-state index in [2.05, 4.69) is 53.2 Å². The number of benzene rings is 2. The van der Waals surface area contributed by atoms with Gasteiger partial charge in [-0.2, -0.15) is 0 Å². The first-order valence-corrected chi connectivity index (χ1v) is 7.47. The fraction of sp³-hybridized carbons (Fsp3) is 0.333. The molecule has 2 aromatic carbocycles. The van der Waals surface area contributed by atoms with Crippen molar-refractivity contribution in [3.05, 3.63) is 54.6 Å². The van der Waals surface area contributed by atoms with Crippen LogP contribution in [0.3, 0.4) is 0 Å². The molecule has 1 fully saturated rings. The first kappa shape index (κ1) is 19.8. The number of hydrogen-bond acceptors (Lipinski definition) is 3. The van der Waals surface area contributed by atoms with Crippen LogP contribution in [0.2, 0.25) is 0 Å². The van der Waals surface area contributed by atoms with Crippen LogP contribution in [0, 0.1) is 0 Å². The van der Waals surface area contributed by atoms with Crippen LogP contribution in [-0.4, -0.2) is 38.2 Å². The van der Waals surface area contributed by atoms with Gasteiger partial charge in [-0.05, 0) is 34.5 Å². The third kappa shape index (κ3) is 4.39. The average molecular weight is 355 g/mol. The maximum absolute atomic E-state index is 5.28. The van der Waals surface area contributed by atoms with E-state index in [1.807, 2.05) is 6.07 Å². The van der Waals surface area contributed by atoms with Crippen molar-refractivity contribution < 1.29 is 4.74 Å². The quantitative estimate of drug-likeness (QED) is 0.844. The van der Waals surface area contributed by atoms with Gasteiger partial charge in [0.1, 0.15) is 5.75 Å². The third-order valence-electron chi connectivity index (χ3n) is 4.18. The lowest BCUT2D eigenvalue weighted by atomic mass is 10.00. The van der Waals surface area contributed by atoms with Crippen LogP contribution in [0.25, 0.3) is 10.8 Å². The molecule has 3 nitrogen and oxygen atoms in total. The van der Waals surface area contributed by atoms with E-state index in [1.54, 1.807) is 7.11 Å². The average Bonchev–Trinajstić information content (AvgIpc) is 2.56. The smallest absolute Gasteiger partial charge is 0.119 e. The highest BCUT2D eigenvalue weighted by Gasteiger charge is 2.19. The SMILES string of the molecule is C=C[C@@H](c1ccc2cc(OC)ccc2c1)N1CCNCC1.Cl.Cl. The van der Waals surface area contributed by atoms with E-state index in [0.717, 1.165) is 31.9 Å². The van der Waals surface area contributed by atoms with Crippen molar-refractivity contribution in [3.8, 4) is 5.75 Å². The second-order valence-corrected chi connectivity index (χ2v) is 5.44. The molecule has 0 bridgehead atoms. The number of hydrogen-bond donors (Lipinski definition) is 1. The molecular formula is C18H24Cl2N2O. The molecule has 0 unspecified atom stereocenters. The van der Waals surface area contributed by atoms with Crippen molar-refractivity contribution in [1.82, 2.24) is 10.2 Å². The second-order valence-electron chi connectivity index (χ2n) is 5.44. The Morgan fingerprint density at radius 3 is 2.39 bits per heavy atom. The molecule has 1 atom stereocenters. The lowest BCUT2D eigenvalue weighted by molar-refractivity contribution is 0.203. The minimum absolute atomic E-state index is 0. The molecule has 1 aliphatic rings. The fourth-order valence-electron chi connectivity index (χ4n) is 3.01. The Balaban J connectivity index is 0.00000132. The minimum Gasteiger partial charge on any atom is -0.497 e. The molecule has 1 heterocycles. The van der Waals surface area contributed by atoms with Crippen molar-refractivity contribution in [2.45, 2.75) is 6.04 Å². The number of fused-ring (bicyclic) bond motifs is 1. The standard InChI is InChI=1S/C18H22N2O.2ClH/c1-3-18(20-10-8-19-9-11-20)16-5-4-15-13-17(21-2)7-6-14(15)12-16;;/h3-7,12-13,18-19H,1,8-11H2,2H3;2*1H/t18-;;/m0../s1. The summed E-state index contributed by atoms with van der Waals surface area (Å²) in [4.78, 5) is 2.48. The van der Waals surface area contributed by atoms with Crippen LogP contribution in [0.4, 0.5) is 0 Å². The van der Waals surface area contributed by atoms with Gasteiger partial charge in [-0.15, -0.1) is 31.4 Å². The largest absolute Gasteiger partial charge is 0.497 e. The van der Waals surface area contributed by atoms with Gasteiger partial charge in [-0.25, -0.2) is 0 Å². The van der Waals surface area contributed by atoms with Gasteiger partial charge in [0.2, 0.25) is 0 Å². The van der Waals surface area contributed by atoms with Gasteiger partial charge in [0, 0.05) is 26.2 Å². The Kier molecular flexibility index (Phi) is 7.86. The monoisotopic (exact) mass is 354 g/mol. The lowest BCUT2D eigenvalue weighted by Gasteiger charge is -2.33. The van der Waals surface area contributed by atoms with E-state index in [9.17, 15) is 0 Å². The number of piperazine rings is 1. The Hall–Kier alpha value is -1.26. The molecule has 1 aliphatic heterocycles. The molecule has 0 saturated carbocycles. The van der Waals surface area contributed by atoms with Crippen LogP contribution >= 0.6 is 24.8 Å². The van der Waals surface area contributed by atoms with E-state index in [4.69, 9.17) is 4.74 Å². The Morgan fingerprint density at radius 1 is 1.09 bits per heavy atom. The predicted octanol–water partition coefficient (Wildman–Crippen LogP) is 3.82. The van der Waals surface area contributed by atoms with E-state index >= 15 is 0 Å². The van der Waals surface area contributed by atoms with Gasteiger partial charge in [0.15, 0.2) is 0 Å². The van der Waals surface area contributed by atoms with E-state index < -0.39 is 0 Å². The molecule has 1 N–H and O–H groups in total. The molecule has 3 rings (SSSR count). The minimum atomic E-state index is 0. The topological polar surface area (TPSA) is 24.5 Å². The van der Waals surface area contributed by atoms with Crippen LogP contribution < -0.4 is 10.1 Å². The molecule has 5 heteroatoms. The lowest BCUT2D eigenvalue weighted by Crippen LogP contribution is -2.44. The maximum Gasteiger partial charge on any atom is 0.119 e. The number of methoxy groups -OCH3 is 1. The van der Waals surface area contributed by atoms with Crippen LogP contribution in [0.1, 0.15) is 11.6 Å². The highest BCUT2D eigenvalue weighted by atomic mass is 35.5. The molecule has 0 amide bonds. The number of ether oxygens (including phenoxy) is 1. The normalized spacial score (nSPS) is 16.0. The molecule has 126 valence electrons. The fourth-order valence-corrected chi connectivity index (χ4v) is 3.01. The summed E-state index contributed by atoms with van der Waals surface area (Å²) in [5.41, 5.74) is 1.31. The number of halogens is 2. The van der Waals surface area contributed by atoms with Crippen molar-refractivity contribution in [2.75, 3.05) is 33.3 Å². The second kappa shape index (κ2) is 9.14. The summed E-state index contributed by atoms with van der Waals surface area (Å²) in [6, 6.07) is 13.1. The molecule has 23 heavy (non-hydrogen) atoms. The van der Waals surface area contributed by atoms with Gasteiger partial charge in [-0.3, -0.25) is 4.90 Å².